The molecule has 3 rings (SSSR count). The fourth-order valence-corrected chi connectivity index (χ4v) is 4.08. The summed E-state index contributed by atoms with van der Waals surface area (Å²) in [6.45, 7) is 4.32. The van der Waals surface area contributed by atoms with Gasteiger partial charge in [-0.2, -0.15) is 13.2 Å². The van der Waals surface area contributed by atoms with Gasteiger partial charge in [0.15, 0.2) is 5.78 Å². The number of rotatable bonds is 2. The van der Waals surface area contributed by atoms with E-state index >= 15 is 0 Å². The number of Topliss-reactive ketones (excluding diaryl/α,β-unsaturated/α-hetero) is 1. The van der Waals surface area contributed by atoms with Crippen molar-refractivity contribution >= 4 is 11.7 Å². The number of hydrogen-bond donors (Lipinski definition) is 1. The lowest BCUT2D eigenvalue weighted by atomic mass is 9.62. The molecule has 1 spiro atoms. The van der Waals surface area contributed by atoms with Gasteiger partial charge in [0.25, 0.3) is 0 Å². The normalized spacial score (nSPS) is 21.0. The Balaban J connectivity index is 1.69. The van der Waals surface area contributed by atoms with Crippen molar-refractivity contribution < 1.29 is 27.2 Å². The molecule has 0 aromatic heterocycles. The number of alkyl halides is 3. The molecule has 146 valence electrons. The second kappa shape index (κ2) is 6.07. The average molecular weight is 384 g/mol. The molecule has 0 unspecified atom stereocenters. The molecule has 0 atom stereocenters. The lowest BCUT2D eigenvalue weighted by Crippen LogP contribution is -2.61. The van der Waals surface area contributed by atoms with Crippen LogP contribution in [0, 0.1) is 16.6 Å². The van der Waals surface area contributed by atoms with Crippen LogP contribution in [0.5, 0.6) is 0 Å². The summed E-state index contributed by atoms with van der Waals surface area (Å²) >= 11 is 0. The Morgan fingerprint density at radius 2 is 1.89 bits per heavy atom. The molecule has 0 radical (unpaired) electrons. The summed E-state index contributed by atoms with van der Waals surface area (Å²) < 4.78 is 51.8. The number of ketones is 1. The SMILES string of the molecule is CC1(C)CC2(C=C(N)C1=O)CN(C(=O)Cc1ccc(F)c(C(F)(F)F)c1)C2. The third kappa shape index (κ3) is 3.57. The monoisotopic (exact) mass is 384 g/mol. The molecule has 4 nitrogen and oxygen atoms in total. The lowest BCUT2D eigenvalue weighted by molar-refractivity contribution is -0.144. The molecule has 27 heavy (non-hydrogen) atoms. The van der Waals surface area contributed by atoms with E-state index in [-0.39, 0.29) is 34.8 Å². The number of carbonyl (C=O) groups is 2. The highest BCUT2D eigenvalue weighted by Gasteiger charge is 2.51. The maximum absolute atomic E-state index is 13.4. The quantitative estimate of drug-likeness (QED) is 0.798. The van der Waals surface area contributed by atoms with E-state index in [1.54, 1.807) is 19.9 Å². The molecular formula is C19H20F4N2O2. The molecule has 1 aromatic rings. The number of carbonyl (C=O) groups excluding carboxylic acids is 2. The van der Waals surface area contributed by atoms with Gasteiger partial charge >= 0.3 is 6.18 Å². The molecule has 1 aromatic carbocycles. The Labute approximate surface area is 154 Å². The van der Waals surface area contributed by atoms with Gasteiger partial charge in [0.2, 0.25) is 5.91 Å². The van der Waals surface area contributed by atoms with Crippen LogP contribution < -0.4 is 5.73 Å². The van der Waals surface area contributed by atoms with Crippen LogP contribution in [0.4, 0.5) is 17.6 Å². The molecule has 1 saturated heterocycles. The predicted molar refractivity (Wildman–Crippen MR) is 89.8 cm³/mol. The van der Waals surface area contributed by atoms with Crippen molar-refractivity contribution in [2.45, 2.75) is 32.9 Å². The lowest BCUT2D eigenvalue weighted by Gasteiger charge is -2.53. The van der Waals surface area contributed by atoms with Crippen molar-refractivity contribution in [3.63, 3.8) is 0 Å². The van der Waals surface area contributed by atoms with Gasteiger partial charge < -0.3 is 10.6 Å². The Morgan fingerprint density at radius 1 is 1.26 bits per heavy atom. The minimum Gasteiger partial charge on any atom is -0.396 e. The zero-order valence-corrected chi connectivity index (χ0v) is 15.0. The van der Waals surface area contributed by atoms with E-state index in [9.17, 15) is 27.2 Å². The fraction of sp³-hybridized carbons (Fsp3) is 0.474. The molecule has 1 heterocycles. The van der Waals surface area contributed by atoms with Crippen molar-refractivity contribution in [2.24, 2.45) is 16.6 Å². The van der Waals surface area contributed by atoms with Crippen LogP contribution in [0.15, 0.2) is 30.0 Å². The van der Waals surface area contributed by atoms with Crippen LogP contribution >= 0.6 is 0 Å². The summed E-state index contributed by atoms with van der Waals surface area (Å²) in [6.07, 6.45) is -2.81. The van der Waals surface area contributed by atoms with Crippen molar-refractivity contribution in [1.82, 2.24) is 4.90 Å². The van der Waals surface area contributed by atoms with Gasteiger partial charge in [0.1, 0.15) is 5.82 Å². The largest absolute Gasteiger partial charge is 0.419 e. The average Bonchev–Trinajstić information content (AvgIpc) is 2.50. The zero-order chi connectivity index (χ0) is 20.2. The second-order valence-electron chi connectivity index (χ2n) is 8.09. The van der Waals surface area contributed by atoms with Gasteiger partial charge in [-0.05, 0) is 30.2 Å². The van der Waals surface area contributed by atoms with E-state index < -0.39 is 23.0 Å². The highest BCUT2D eigenvalue weighted by atomic mass is 19.4. The van der Waals surface area contributed by atoms with Crippen molar-refractivity contribution in [3.8, 4) is 0 Å². The molecular weight excluding hydrogens is 364 g/mol. The third-order valence-electron chi connectivity index (χ3n) is 5.19. The van der Waals surface area contributed by atoms with Crippen LogP contribution in [0.2, 0.25) is 0 Å². The highest BCUT2D eigenvalue weighted by Crippen LogP contribution is 2.47. The first-order valence-electron chi connectivity index (χ1n) is 8.50. The second-order valence-corrected chi connectivity index (χ2v) is 8.09. The number of halogens is 4. The van der Waals surface area contributed by atoms with Crippen LogP contribution in [0.3, 0.4) is 0 Å². The minimum absolute atomic E-state index is 0.101. The topological polar surface area (TPSA) is 63.4 Å². The molecule has 1 aliphatic carbocycles. The molecule has 8 heteroatoms. The van der Waals surface area contributed by atoms with Gasteiger partial charge in [0, 0.05) is 23.9 Å². The van der Waals surface area contributed by atoms with Gasteiger partial charge in [-0.15, -0.1) is 0 Å². The number of nitrogens with two attached hydrogens (primary N) is 1. The van der Waals surface area contributed by atoms with Gasteiger partial charge in [-0.3, -0.25) is 9.59 Å². The van der Waals surface area contributed by atoms with Crippen molar-refractivity contribution in [2.75, 3.05) is 13.1 Å². The van der Waals surface area contributed by atoms with Crippen LogP contribution in [0.25, 0.3) is 0 Å². The number of nitrogens with zero attached hydrogens (tertiary/aromatic N) is 1. The summed E-state index contributed by atoms with van der Waals surface area (Å²) in [7, 11) is 0. The fourth-order valence-electron chi connectivity index (χ4n) is 4.08. The van der Waals surface area contributed by atoms with E-state index in [1.807, 2.05) is 0 Å². The first-order chi connectivity index (χ1) is 12.3. The Bertz CT molecular complexity index is 837. The summed E-state index contributed by atoms with van der Waals surface area (Å²) in [5.74, 6) is -1.83. The maximum atomic E-state index is 13.4. The van der Waals surface area contributed by atoms with Crippen molar-refractivity contribution in [1.29, 1.82) is 0 Å². The van der Waals surface area contributed by atoms with Crippen LogP contribution in [-0.4, -0.2) is 29.7 Å². The van der Waals surface area contributed by atoms with E-state index in [2.05, 4.69) is 0 Å². The maximum Gasteiger partial charge on any atom is 0.419 e. The molecule has 1 fully saturated rings. The third-order valence-corrected chi connectivity index (χ3v) is 5.19. The molecule has 1 amide bonds. The predicted octanol–water partition coefficient (Wildman–Crippen LogP) is 3.06. The molecule has 0 bridgehead atoms. The van der Waals surface area contributed by atoms with E-state index in [0.717, 1.165) is 6.07 Å². The highest BCUT2D eigenvalue weighted by molar-refractivity contribution is 5.99. The first kappa shape index (κ1) is 19.4. The summed E-state index contributed by atoms with van der Waals surface area (Å²) in [6, 6.07) is 2.57. The summed E-state index contributed by atoms with van der Waals surface area (Å²) in [5, 5.41) is 0. The van der Waals surface area contributed by atoms with Gasteiger partial charge in [0.05, 0.1) is 17.7 Å². The van der Waals surface area contributed by atoms with Crippen LogP contribution in [0.1, 0.15) is 31.4 Å². The molecule has 2 N–H and O–H groups in total. The summed E-state index contributed by atoms with van der Waals surface area (Å²) in [4.78, 5) is 26.0. The number of allylic oxidation sites excluding steroid dienone is 1. The van der Waals surface area contributed by atoms with E-state index in [0.29, 0.717) is 25.6 Å². The van der Waals surface area contributed by atoms with Crippen LogP contribution in [-0.2, 0) is 22.2 Å². The smallest absolute Gasteiger partial charge is 0.396 e. The Kier molecular flexibility index (Phi) is 4.36. The molecule has 0 saturated carbocycles. The van der Waals surface area contributed by atoms with Crippen molar-refractivity contribution in [3.05, 3.63) is 46.9 Å². The Hall–Kier alpha value is -2.38. The van der Waals surface area contributed by atoms with Gasteiger partial charge in [-0.25, -0.2) is 4.39 Å². The van der Waals surface area contributed by atoms with Gasteiger partial charge in [-0.1, -0.05) is 19.9 Å². The number of likely N-dealkylation sites (tertiary alicyclic amines) is 1. The van der Waals surface area contributed by atoms with E-state index in [1.165, 1.54) is 11.0 Å². The number of amides is 1. The van der Waals surface area contributed by atoms with E-state index in [4.69, 9.17) is 5.73 Å². The number of benzene rings is 1. The standard InChI is InChI=1S/C19H20F4N2O2/c1-17(2)8-18(7-14(24)16(17)27)9-25(10-18)15(26)6-11-3-4-13(20)12(5-11)19(21,22)23/h3-5,7H,6,8-10,24H2,1-2H3. The molecule has 1 aliphatic heterocycles. The minimum atomic E-state index is -4.81. The number of hydrogen-bond acceptors (Lipinski definition) is 3. The Morgan fingerprint density at radius 3 is 2.44 bits per heavy atom. The zero-order valence-electron chi connectivity index (χ0n) is 15.0. The summed E-state index contributed by atoms with van der Waals surface area (Å²) in [5.41, 5.74) is 3.73. The first-order valence-corrected chi connectivity index (χ1v) is 8.50. The molecule has 2 aliphatic rings.